The van der Waals surface area contributed by atoms with Crippen molar-refractivity contribution >= 4 is 0 Å². The molecule has 0 radical (unpaired) electrons. The molecule has 0 spiro atoms. The third-order valence-corrected chi connectivity index (χ3v) is 4.00. The van der Waals surface area contributed by atoms with Crippen molar-refractivity contribution in [2.24, 2.45) is 0 Å². The summed E-state index contributed by atoms with van der Waals surface area (Å²) in [6, 6.07) is 3.92. The van der Waals surface area contributed by atoms with Crippen LogP contribution in [0.4, 0.5) is 0 Å². The molecule has 0 aliphatic carbocycles. The predicted molar refractivity (Wildman–Crippen MR) is 80.3 cm³/mol. The van der Waals surface area contributed by atoms with Gasteiger partial charge in [-0.15, -0.1) is 5.10 Å². The van der Waals surface area contributed by atoms with Crippen LogP contribution in [-0.2, 0) is 13.1 Å². The van der Waals surface area contributed by atoms with Gasteiger partial charge in [0, 0.05) is 31.0 Å². The van der Waals surface area contributed by atoms with Crippen LogP contribution in [0.2, 0.25) is 0 Å². The molecule has 0 saturated carbocycles. The zero-order chi connectivity index (χ0) is 15.4. The van der Waals surface area contributed by atoms with E-state index >= 15 is 0 Å². The predicted octanol–water partition coefficient (Wildman–Crippen LogP) is 0.709. The maximum absolute atomic E-state index is 10.8. The van der Waals surface area contributed by atoms with Crippen molar-refractivity contribution in [1.29, 1.82) is 0 Å². The quantitative estimate of drug-likeness (QED) is 0.876. The molecule has 3 heterocycles. The smallest absolute Gasteiger partial charge is 0.217 e. The molecule has 1 saturated heterocycles. The summed E-state index contributed by atoms with van der Waals surface area (Å²) in [6.07, 6.45) is 6.85. The highest BCUT2D eigenvalue weighted by Gasteiger charge is 2.34. The topological polar surface area (TPSA) is 76.3 Å². The fraction of sp³-hybridized carbons (Fsp3) is 0.533. The molecule has 0 amide bonds. The van der Waals surface area contributed by atoms with Crippen LogP contribution in [0.1, 0.15) is 18.4 Å². The number of rotatable bonds is 5. The zero-order valence-electron chi connectivity index (χ0n) is 12.7. The molecule has 1 aliphatic rings. The molecule has 1 fully saturated rings. The Morgan fingerprint density at radius 3 is 3.09 bits per heavy atom. The van der Waals surface area contributed by atoms with Gasteiger partial charge >= 0.3 is 0 Å². The lowest BCUT2D eigenvalue weighted by atomic mass is 9.92. The molecule has 7 nitrogen and oxygen atoms in total. The highest BCUT2D eigenvalue weighted by atomic mass is 16.5. The molecule has 118 valence electrons. The lowest BCUT2D eigenvalue weighted by molar-refractivity contribution is -0.0480. The second-order valence-electron chi connectivity index (χ2n) is 5.81. The van der Waals surface area contributed by atoms with E-state index in [0.717, 1.165) is 31.5 Å². The largest absolute Gasteiger partial charge is 0.481 e. The van der Waals surface area contributed by atoms with Gasteiger partial charge in [0.15, 0.2) is 0 Å². The molecule has 22 heavy (non-hydrogen) atoms. The van der Waals surface area contributed by atoms with E-state index in [-0.39, 0.29) is 0 Å². The Hall–Kier alpha value is -1.99. The van der Waals surface area contributed by atoms with Crippen LogP contribution >= 0.6 is 0 Å². The average molecular weight is 303 g/mol. The number of likely N-dealkylation sites (tertiary alicyclic amines) is 1. The number of β-amino-alcohol motifs (C(OH)–C–C–N with tert-alkyl or cyclic N) is 1. The standard InChI is InChI=1S/C15H21N5O2/c1-22-14-13(4-2-6-16-14)10-19-8-3-5-15(21,11-19)12-20-9-7-17-18-20/h2,4,6-7,9,21H,3,5,8,10-12H2,1H3. The first-order valence-corrected chi connectivity index (χ1v) is 7.45. The van der Waals surface area contributed by atoms with Gasteiger partial charge in [-0.2, -0.15) is 0 Å². The normalized spacial score (nSPS) is 22.6. The number of nitrogens with zero attached hydrogens (tertiary/aromatic N) is 5. The average Bonchev–Trinajstić information content (AvgIpc) is 3.00. The molecule has 1 unspecified atom stereocenters. The van der Waals surface area contributed by atoms with Gasteiger partial charge in [0.1, 0.15) is 0 Å². The number of methoxy groups -OCH3 is 1. The Balaban J connectivity index is 1.67. The summed E-state index contributed by atoms with van der Waals surface area (Å²) in [7, 11) is 1.63. The summed E-state index contributed by atoms with van der Waals surface area (Å²) < 4.78 is 6.99. The van der Waals surface area contributed by atoms with Crippen LogP contribution < -0.4 is 4.74 Å². The lowest BCUT2D eigenvalue weighted by Crippen LogP contribution is -2.50. The van der Waals surface area contributed by atoms with Crippen LogP contribution in [-0.4, -0.2) is 55.8 Å². The van der Waals surface area contributed by atoms with Gasteiger partial charge in [0.25, 0.3) is 0 Å². The number of hydrogen-bond donors (Lipinski definition) is 1. The molecule has 1 atom stereocenters. The minimum atomic E-state index is -0.776. The number of ether oxygens (including phenoxy) is 1. The Morgan fingerprint density at radius 2 is 2.32 bits per heavy atom. The second kappa shape index (κ2) is 6.41. The first kappa shape index (κ1) is 14.9. The van der Waals surface area contributed by atoms with E-state index in [0.29, 0.717) is 19.0 Å². The molecule has 1 aliphatic heterocycles. The SMILES string of the molecule is COc1ncccc1CN1CCCC(O)(Cn2ccnn2)C1. The minimum Gasteiger partial charge on any atom is -0.481 e. The minimum absolute atomic E-state index is 0.466. The van der Waals surface area contributed by atoms with Crippen molar-refractivity contribution in [3.63, 3.8) is 0 Å². The van der Waals surface area contributed by atoms with E-state index < -0.39 is 5.60 Å². The van der Waals surface area contributed by atoms with E-state index in [2.05, 4.69) is 20.2 Å². The van der Waals surface area contributed by atoms with Crippen LogP contribution in [0.5, 0.6) is 5.88 Å². The summed E-state index contributed by atoms with van der Waals surface area (Å²) >= 11 is 0. The highest BCUT2D eigenvalue weighted by molar-refractivity contribution is 5.25. The molecular weight excluding hydrogens is 282 g/mol. The molecule has 7 heteroatoms. The van der Waals surface area contributed by atoms with E-state index in [1.54, 1.807) is 30.4 Å². The summed E-state index contributed by atoms with van der Waals surface area (Å²) in [5.41, 5.74) is 0.261. The third kappa shape index (κ3) is 3.42. The maximum Gasteiger partial charge on any atom is 0.217 e. The molecule has 0 aromatic carbocycles. The van der Waals surface area contributed by atoms with Crippen molar-refractivity contribution < 1.29 is 9.84 Å². The molecular formula is C15H21N5O2. The van der Waals surface area contributed by atoms with Gasteiger partial charge in [0.05, 0.1) is 25.5 Å². The van der Waals surface area contributed by atoms with E-state index in [9.17, 15) is 5.11 Å². The monoisotopic (exact) mass is 303 g/mol. The summed E-state index contributed by atoms with van der Waals surface area (Å²) in [5.74, 6) is 0.646. The van der Waals surface area contributed by atoms with E-state index in [4.69, 9.17) is 4.74 Å². The molecule has 0 bridgehead atoms. The Bertz CT molecular complexity index is 604. The van der Waals surface area contributed by atoms with E-state index in [1.807, 2.05) is 12.1 Å². The van der Waals surface area contributed by atoms with Gasteiger partial charge in [-0.25, -0.2) is 9.67 Å². The first-order valence-electron chi connectivity index (χ1n) is 7.45. The van der Waals surface area contributed by atoms with Crippen molar-refractivity contribution in [3.05, 3.63) is 36.3 Å². The van der Waals surface area contributed by atoms with Crippen molar-refractivity contribution in [3.8, 4) is 5.88 Å². The maximum atomic E-state index is 10.8. The van der Waals surface area contributed by atoms with Gasteiger partial charge in [-0.1, -0.05) is 11.3 Å². The fourth-order valence-corrected chi connectivity index (χ4v) is 3.06. The summed E-state index contributed by atoms with van der Waals surface area (Å²) in [5, 5.41) is 18.6. The van der Waals surface area contributed by atoms with Crippen LogP contribution in [0.25, 0.3) is 0 Å². The Labute approximate surface area is 129 Å². The van der Waals surface area contributed by atoms with E-state index in [1.165, 1.54) is 0 Å². The molecule has 2 aromatic rings. The van der Waals surface area contributed by atoms with Gasteiger partial charge in [-0.05, 0) is 25.5 Å². The van der Waals surface area contributed by atoms with Crippen molar-refractivity contribution in [2.45, 2.75) is 31.5 Å². The number of aliphatic hydroxyl groups is 1. The fourth-order valence-electron chi connectivity index (χ4n) is 3.06. The Kier molecular flexibility index (Phi) is 4.35. The number of aromatic nitrogens is 4. The van der Waals surface area contributed by atoms with Crippen LogP contribution in [0.15, 0.2) is 30.7 Å². The molecule has 1 N–H and O–H groups in total. The van der Waals surface area contributed by atoms with Gasteiger partial charge in [0.2, 0.25) is 5.88 Å². The number of piperidine rings is 1. The number of pyridine rings is 1. The van der Waals surface area contributed by atoms with Crippen molar-refractivity contribution in [2.75, 3.05) is 20.2 Å². The number of hydrogen-bond acceptors (Lipinski definition) is 6. The summed E-state index contributed by atoms with van der Waals surface area (Å²) in [6.45, 7) is 2.74. The highest BCUT2D eigenvalue weighted by Crippen LogP contribution is 2.25. The first-order chi connectivity index (χ1) is 10.7. The lowest BCUT2D eigenvalue weighted by Gasteiger charge is -2.39. The van der Waals surface area contributed by atoms with Crippen molar-refractivity contribution in [1.82, 2.24) is 24.9 Å². The third-order valence-electron chi connectivity index (χ3n) is 4.00. The van der Waals surface area contributed by atoms with Crippen LogP contribution in [0, 0.1) is 0 Å². The zero-order valence-corrected chi connectivity index (χ0v) is 12.7. The second-order valence-corrected chi connectivity index (χ2v) is 5.81. The molecule has 2 aromatic heterocycles. The van der Waals surface area contributed by atoms with Crippen LogP contribution in [0.3, 0.4) is 0 Å². The Morgan fingerprint density at radius 1 is 1.41 bits per heavy atom. The van der Waals surface area contributed by atoms with Gasteiger partial charge in [-0.3, -0.25) is 4.90 Å². The van der Waals surface area contributed by atoms with Gasteiger partial charge < -0.3 is 9.84 Å². The molecule has 3 rings (SSSR count). The summed E-state index contributed by atoms with van der Waals surface area (Å²) in [4.78, 5) is 6.46.